The summed E-state index contributed by atoms with van der Waals surface area (Å²) < 4.78 is 5.09. The lowest BCUT2D eigenvalue weighted by molar-refractivity contribution is -0.118. The maximum absolute atomic E-state index is 11.9. The smallest absolute Gasteiger partial charge is 0.319 e. The molecule has 0 unspecified atom stereocenters. The van der Waals surface area contributed by atoms with Gasteiger partial charge in [-0.1, -0.05) is 26.0 Å². The van der Waals surface area contributed by atoms with Gasteiger partial charge < -0.3 is 20.7 Å². The van der Waals surface area contributed by atoms with E-state index in [4.69, 9.17) is 4.74 Å². The maximum Gasteiger partial charge on any atom is 0.319 e. The Morgan fingerprint density at radius 3 is 2.00 bits per heavy atom. The fourth-order valence-electron chi connectivity index (χ4n) is 2.02. The molecule has 0 spiro atoms. The minimum atomic E-state index is -0.296. The summed E-state index contributed by atoms with van der Waals surface area (Å²) in [6.45, 7) is 4.08. The topological polar surface area (TPSA) is 79.5 Å². The number of urea groups is 1. The van der Waals surface area contributed by atoms with Crippen LogP contribution in [0.1, 0.15) is 19.4 Å². The first-order chi connectivity index (χ1) is 12.0. The van der Waals surface area contributed by atoms with Gasteiger partial charge in [-0.3, -0.25) is 4.79 Å². The van der Waals surface area contributed by atoms with Gasteiger partial charge in [-0.05, 0) is 42.0 Å². The zero-order valence-corrected chi connectivity index (χ0v) is 14.6. The lowest BCUT2D eigenvalue weighted by atomic mass is 10.2. The molecular weight excluding hydrogens is 318 g/mol. The number of carbonyl (C=O) groups excluding carboxylic acids is 2. The molecule has 25 heavy (non-hydrogen) atoms. The van der Waals surface area contributed by atoms with Crippen molar-refractivity contribution < 1.29 is 14.3 Å². The van der Waals surface area contributed by atoms with Crippen LogP contribution in [0, 0.1) is 5.92 Å². The van der Waals surface area contributed by atoms with E-state index >= 15 is 0 Å². The average molecular weight is 341 g/mol. The highest BCUT2D eigenvalue weighted by Gasteiger charge is 2.07. The molecular formula is C19H23N3O3. The predicted octanol–water partition coefficient (Wildman–Crippen LogP) is 3.61. The SMILES string of the molecule is COc1ccc(CNC(=O)Nc2ccc(NC(=O)C(C)C)cc2)cc1. The lowest BCUT2D eigenvalue weighted by Gasteiger charge is -2.10. The number of hydrogen-bond acceptors (Lipinski definition) is 3. The summed E-state index contributed by atoms with van der Waals surface area (Å²) >= 11 is 0. The summed E-state index contributed by atoms with van der Waals surface area (Å²) in [5.41, 5.74) is 2.32. The highest BCUT2D eigenvalue weighted by atomic mass is 16.5. The van der Waals surface area contributed by atoms with Gasteiger partial charge in [0.15, 0.2) is 0 Å². The quantitative estimate of drug-likeness (QED) is 0.751. The van der Waals surface area contributed by atoms with E-state index in [1.54, 1.807) is 31.4 Å². The van der Waals surface area contributed by atoms with Gasteiger partial charge >= 0.3 is 6.03 Å². The van der Waals surface area contributed by atoms with E-state index in [0.29, 0.717) is 17.9 Å². The van der Waals surface area contributed by atoms with Crippen LogP contribution in [-0.4, -0.2) is 19.0 Å². The van der Waals surface area contributed by atoms with E-state index in [1.807, 2.05) is 38.1 Å². The largest absolute Gasteiger partial charge is 0.497 e. The van der Waals surface area contributed by atoms with Crippen LogP contribution in [0.5, 0.6) is 5.75 Å². The summed E-state index contributed by atoms with van der Waals surface area (Å²) in [4.78, 5) is 23.6. The molecule has 0 atom stereocenters. The molecule has 0 fully saturated rings. The third-order valence-corrected chi connectivity index (χ3v) is 3.55. The van der Waals surface area contributed by atoms with E-state index in [2.05, 4.69) is 16.0 Å². The van der Waals surface area contributed by atoms with Crippen molar-refractivity contribution in [2.24, 2.45) is 5.92 Å². The third-order valence-electron chi connectivity index (χ3n) is 3.55. The first kappa shape index (κ1) is 18.3. The summed E-state index contributed by atoms with van der Waals surface area (Å²) in [7, 11) is 1.61. The van der Waals surface area contributed by atoms with Crippen LogP contribution in [0.3, 0.4) is 0 Å². The van der Waals surface area contributed by atoms with Gasteiger partial charge in [-0.2, -0.15) is 0 Å². The standard InChI is InChI=1S/C19H23N3O3/c1-13(2)18(23)21-15-6-8-16(9-7-15)22-19(24)20-12-14-4-10-17(25-3)11-5-14/h4-11,13H,12H2,1-3H3,(H,21,23)(H2,20,22,24). The van der Waals surface area contributed by atoms with E-state index in [-0.39, 0.29) is 17.9 Å². The number of nitrogens with one attached hydrogen (secondary N) is 3. The van der Waals surface area contributed by atoms with E-state index in [1.165, 1.54) is 0 Å². The Balaban J connectivity index is 1.82. The number of methoxy groups -OCH3 is 1. The van der Waals surface area contributed by atoms with E-state index in [0.717, 1.165) is 11.3 Å². The zero-order valence-electron chi connectivity index (χ0n) is 14.6. The van der Waals surface area contributed by atoms with Crippen LogP contribution in [0.25, 0.3) is 0 Å². The van der Waals surface area contributed by atoms with Crippen LogP contribution >= 0.6 is 0 Å². The molecule has 0 saturated carbocycles. The minimum Gasteiger partial charge on any atom is -0.497 e. The summed E-state index contributed by atoms with van der Waals surface area (Å²) in [6, 6.07) is 14.2. The number of anilines is 2. The summed E-state index contributed by atoms with van der Waals surface area (Å²) in [5.74, 6) is 0.650. The second-order valence-electron chi connectivity index (χ2n) is 5.88. The Labute approximate surface area is 147 Å². The fraction of sp³-hybridized carbons (Fsp3) is 0.263. The highest BCUT2D eigenvalue weighted by molar-refractivity contribution is 5.93. The molecule has 6 heteroatoms. The number of amides is 3. The van der Waals surface area contributed by atoms with Gasteiger partial charge in [-0.25, -0.2) is 4.79 Å². The normalized spacial score (nSPS) is 10.2. The van der Waals surface area contributed by atoms with Crippen molar-refractivity contribution >= 4 is 23.3 Å². The second-order valence-corrected chi connectivity index (χ2v) is 5.88. The van der Waals surface area contributed by atoms with Crippen LogP contribution in [-0.2, 0) is 11.3 Å². The number of carbonyl (C=O) groups is 2. The van der Waals surface area contributed by atoms with Crippen LogP contribution in [0.2, 0.25) is 0 Å². The Morgan fingerprint density at radius 2 is 1.48 bits per heavy atom. The van der Waals surface area contributed by atoms with Crippen LogP contribution in [0.15, 0.2) is 48.5 Å². The van der Waals surface area contributed by atoms with Crippen molar-refractivity contribution in [3.05, 3.63) is 54.1 Å². The number of hydrogen-bond donors (Lipinski definition) is 3. The monoisotopic (exact) mass is 341 g/mol. The van der Waals surface area contributed by atoms with Crippen molar-refractivity contribution in [1.82, 2.24) is 5.32 Å². The molecule has 3 N–H and O–H groups in total. The van der Waals surface area contributed by atoms with Crippen molar-refractivity contribution in [2.45, 2.75) is 20.4 Å². The Bertz CT molecular complexity index is 710. The van der Waals surface area contributed by atoms with Crippen LogP contribution in [0.4, 0.5) is 16.2 Å². The molecule has 2 aromatic rings. The van der Waals surface area contributed by atoms with Crippen molar-refractivity contribution in [2.75, 3.05) is 17.7 Å². The molecule has 0 saturated heterocycles. The fourth-order valence-corrected chi connectivity index (χ4v) is 2.02. The van der Waals surface area contributed by atoms with Crippen molar-refractivity contribution in [1.29, 1.82) is 0 Å². The number of benzene rings is 2. The molecule has 6 nitrogen and oxygen atoms in total. The molecule has 0 aliphatic heterocycles. The Hall–Kier alpha value is -3.02. The van der Waals surface area contributed by atoms with Gasteiger partial charge in [0.25, 0.3) is 0 Å². The lowest BCUT2D eigenvalue weighted by Crippen LogP contribution is -2.28. The summed E-state index contributed by atoms with van der Waals surface area (Å²) in [5, 5.41) is 8.34. The molecule has 0 aliphatic rings. The number of ether oxygens (including phenoxy) is 1. The predicted molar refractivity (Wildman–Crippen MR) is 98.8 cm³/mol. The molecule has 0 bridgehead atoms. The zero-order chi connectivity index (χ0) is 18.2. The Kier molecular flexibility index (Phi) is 6.39. The molecule has 0 aromatic heterocycles. The van der Waals surface area contributed by atoms with E-state index in [9.17, 15) is 9.59 Å². The minimum absolute atomic E-state index is 0.0436. The molecule has 0 heterocycles. The van der Waals surface area contributed by atoms with Gasteiger partial charge in [0, 0.05) is 23.8 Å². The molecule has 2 aromatic carbocycles. The molecule has 0 aliphatic carbocycles. The maximum atomic E-state index is 11.9. The molecule has 2 rings (SSSR count). The van der Waals surface area contributed by atoms with Gasteiger partial charge in [-0.15, -0.1) is 0 Å². The molecule has 3 amide bonds. The number of rotatable bonds is 6. The van der Waals surface area contributed by atoms with Crippen LogP contribution < -0.4 is 20.7 Å². The average Bonchev–Trinajstić information content (AvgIpc) is 2.62. The first-order valence-corrected chi connectivity index (χ1v) is 8.06. The van der Waals surface area contributed by atoms with Gasteiger partial charge in [0.2, 0.25) is 5.91 Å². The van der Waals surface area contributed by atoms with Gasteiger partial charge in [0.05, 0.1) is 7.11 Å². The summed E-state index contributed by atoms with van der Waals surface area (Å²) in [6.07, 6.45) is 0. The van der Waals surface area contributed by atoms with Crippen molar-refractivity contribution in [3.8, 4) is 5.75 Å². The third kappa shape index (κ3) is 5.84. The Morgan fingerprint density at radius 1 is 0.920 bits per heavy atom. The van der Waals surface area contributed by atoms with Gasteiger partial charge in [0.1, 0.15) is 5.75 Å². The second kappa shape index (κ2) is 8.73. The van der Waals surface area contributed by atoms with E-state index < -0.39 is 0 Å². The molecule has 0 radical (unpaired) electrons. The molecule has 132 valence electrons. The first-order valence-electron chi connectivity index (χ1n) is 8.06. The van der Waals surface area contributed by atoms with Crippen molar-refractivity contribution in [3.63, 3.8) is 0 Å². The highest BCUT2D eigenvalue weighted by Crippen LogP contribution is 2.15.